The van der Waals surface area contributed by atoms with Gasteiger partial charge in [-0.25, -0.2) is 4.79 Å². The van der Waals surface area contributed by atoms with Crippen molar-refractivity contribution >= 4 is 29.0 Å². The van der Waals surface area contributed by atoms with Crippen LogP contribution >= 0.6 is 12.2 Å². The molecule has 1 atom stereocenters. The molecule has 25 heavy (non-hydrogen) atoms. The highest BCUT2D eigenvalue weighted by Crippen LogP contribution is 2.18. The van der Waals surface area contributed by atoms with E-state index in [1.807, 2.05) is 37.3 Å². The van der Waals surface area contributed by atoms with Gasteiger partial charge in [-0.1, -0.05) is 18.2 Å². The number of esters is 1. The number of methoxy groups -OCH3 is 1. The topological polar surface area (TPSA) is 59.6 Å². The lowest BCUT2D eigenvalue weighted by molar-refractivity contribution is 0.0526. The monoisotopic (exact) mass is 358 g/mol. The van der Waals surface area contributed by atoms with Crippen LogP contribution in [-0.4, -0.2) is 24.8 Å². The molecular formula is C19H22N2O3S. The Kier molecular flexibility index (Phi) is 6.77. The first kappa shape index (κ1) is 18.7. The van der Waals surface area contributed by atoms with Crippen LogP contribution in [-0.2, 0) is 4.74 Å². The van der Waals surface area contributed by atoms with Crippen molar-refractivity contribution in [3.63, 3.8) is 0 Å². The zero-order valence-electron chi connectivity index (χ0n) is 14.5. The summed E-state index contributed by atoms with van der Waals surface area (Å²) in [6, 6.07) is 14.9. The maximum Gasteiger partial charge on any atom is 0.338 e. The van der Waals surface area contributed by atoms with Crippen molar-refractivity contribution in [2.75, 3.05) is 19.0 Å². The summed E-state index contributed by atoms with van der Waals surface area (Å²) in [6.45, 7) is 4.14. The molecule has 2 aromatic carbocycles. The SMILES string of the molecule is CCOC(=O)c1cccc(NC(=S)N[C@@H](C)c2ccc(OC)cc2)c1. The Hall–Kier alpha value is -2.60. The van der Waals surface area contributed by atoms with Crippen LogP contribution in [0.4, 0.5) is 5.69 Å². The number of anilines is 1. The first-order chi connectivity index (χ1) is 12.0. The van der Waals surface area contributed by atoms with Gasteiger partial charge in [-0.05, 0) is 62.0 Å². The lowest BCUT2D eigenvalue weighted by Crippen LogP contribution is -2.30. The zero-order chi connectivity index (χ0) is 18.2. The standard InChI is InChI=1S/C19H22N2O3S/c1-4-24-18(22)15-6-5-7-16(12-15)21-19(25)20-13(2)14-8-10-17(23-3)11-9-14/h5-13H,4H2,1-3H3,(H2,20,21,25)/t13-/m0/s1. The maximum absolute atomic E-state index is 11.8. The van der Waals surface area contributed by atoms with Crippen LogP contribution in [0.5, 0.6) is 5.75 Å². The highest BCUT2D eigenvalue weighted by Gasteiger charge is 2.10. The average molecular weight is 358 g/mol. The molecule has 0 heterocycles. The van der Waals surface area contributed by atoms with Gasteiger partial charge in [0.2, 0.25) is 0 Å². The third kappa shape index (κ3) is 5.46. The van der Waals surface area contributed by atoms with E-state index in [9.17, 15) is 4.79 Å². The van der Waals surface area contributed by atoms with Crippen LogP contribution in [0.15, 0.2) is 48.5 Å². The molecule has 0 amide bonds. The predicted molar refractivity (Wildman–Crippen MR) is 103 cm³/mol. The highest BCUT2D eigenvalue weighted by molar-refractivity contribution is 7.80. The third-order valence-corrected chi connectivity index (χ3v) is 3.81. The molecule has 2 aromatic rings. The van der Waals surface area contributed by atoms with Gasteiger partial charge in [0.1, 0.15) is 5.75 Å². The second kappa shape index (κ2) is 9.03. The van der Waals surface area contributed by atoms with Gasteiger partial charge < -0.3 is 20.1 Å². The van der Waals surface area contributed by atoms with Crippen LogP contribution in [0.3, 0.4) is 0 Å². The summed E-state index contributed by atoms with van der Waals surface area (Å²) in [6.07, 6.45) is 0. The number of nitrogens with one attached hydrogen (secondary N) is 2. The molecule has 0 bridgehead atoms. The highest BCUT2D eigenvalue weighted by atomic mass is 32.1. The number of carbonyl (C=O) groups excluding carboxylic acids is 1. The Labute approximate surface area is 153 Å². The van der Waals surface area contributed by atoms with Crippen molar-refractivity contribution < 1.29 is 14.3 Å². The number of ether oxygens (including phenoxy) is 2. The van der Waals surface area contributed by atoms with Crippen molar-refractivity contribution in [2.45, 2.75) is 19.9 Å². The number of rotatable bonds is 6. The Morgan fingerprint density at radius 3 is 2.56 bits per heavy atom. The number of hydrogen-bond donors (Lipinski definition) is 2. The number of carbonyl (C=O) groups is 1. The Morgan fingerprint density at radius 2 is 1.92 bits per heavy atom. The minimum Gasteiger partial charge on any atom is -0.497 e. The summed E-state index contributed by atoms with van der Waals surface area (Å²) in [5.74, 6) is 0.462. The molecule has 0 fully saturated rings. The molecular weight excluding hydrogens is 336 g/mol. The summed E-state index contributed by atoms with van der Waals surface area (Å²) in [5, 5.41) is 6.79. The molecule has 2 rings (SSSR count). The van der Waals surface area contributed by atoms with Crippen LogP contribution in [0.2, 0.25) is 0 Å². The van der Waals surface area contributed by atoms with Crippen molar-refractivity contribution in [1.29, 1.82) is 0 Å². The fourth-order valence-electron chi connectivity index (χ4n) is 2.28. The second-order valence-electron chi connectivity index (χ2n) is 5.39. The van der Waals surface area contributed by atoms with Crippen molar-refractivity contribution in [3.8, 4) is 5.75 Å². The van der Waals surface area contributed by atoms with E-state index in [0.717, 1.165) is 17.0 Å². The number of hydrogen-bond acceptors (Lipinski definition) is 4. The van der Waals surface area contributed by atoms with E-state index in [-0.39, 0.29) is 12.0 Å². The predicted octanol–water partition coefficient (Wildman–Crippen LogP) is 3.92. The fraction of sp³-hybridized carbons (Fsp3) is 0.263. The van der Waals surface area contributed by atoms with Crippen molar-refractivity contribution in [2.24, 2.45) is 0 Å². The van der Waals surface area contributed by atoms with Crippen LogP contribution < -0.4 is 15.4 Å². The smallest absolute Gasteiger partial charge is 0.338 e. The second-order valence-corrected chi connectivity index (χ2v) is 5.80. The first-order valence-corrected chi connectivity index (χ1v) is 8.43. The van der Waals surface area contributed by atoms with Gasteiger partial charge in [0.15, 0.2) is 5.11 Å². The molecule has 0 saturated carbocycles. The average Bonchev–Trinajstić information content (AvgIpc) is 2.62. The maximum atomic E-state index is 11.8. The van der Waals surface area contributed by atoms with Crippen LogP contribution in [0, 0.1) is 0 Å². The van der Waals surface area contributed by atoms with E-state index >= 15 is 0 Å². The van der Waals surface area contributed by atoms with Gasteiger partial charge in [0, 0.05) is 5.69 Å². The number of benzene rings is 2. The summed E-state index contributed by atoms with van der Waals surface area (Å²) < 4.78 is 10.2. The third-order valence-electron chi connectivity index (χ3n) is 3.59. The molecule has 0 unspecified atom stereocenters. The minimum absolute atomic E-state index is 0.0270. The van der Waals surface area contributed by atoms with Gasteiger partial charge in [-0.3, -0.25) is 0 Å². The van der Waals surface area contributed by atoms with Crippen molar-refractivity contribution in [3.05, 3.63) is 59.7 Å². The Bertz CT molecular complexity index is 732. The van der Waals surface area contributed by atoms with Crippen LogP contribution in [0.1, 0.15) is 35.8 Å². The lowest BCUT2D eigenvalue weighted by atomic mass is 10.1. The van der Waals surface area contributed by atoms with E-state index in [2.05, 4.69) is 10.6 Å². The molecule has 0 aliphatic rings. The van der Waals surface area contributed by atoms with Gasteiger partial charge in [-0.2, -0.15) is 0 Å². The minimum atomic E-state index is -0.350. The first-order valence-electron chi connectivity index (χ1n) is 8.02. The normalized spacial score (nSPS) is 11.3. The van der Waals surface area contributed by atoms with E-state index in [1.165, 1.54) is 0 Å². The van der Waals surface area contributed by atoms with Crippen LogP contribution in [0.25, 0.3) is 0 Å². The van der Waals surface area contributed by atoms with E-state index < -0.39 is 0 Å². The molecule has 6 heteroatoms. The van der Waals surface area contributed by atoms with Gasteiger partial charge in [-0.15, -0.1) is 0 Å². The summed E-state index contributed by atoms with van der Waals surface area (Å²) in [4.78, 5) is 11.8. The molecule has 0 spiro atoms. The Morgan fingerprint density at radius 1 is 1.20 bits per heavy atom. The summed E-state index contributed by atoms with van der Waals surface area (Å²) >= 11 is 5.36. The fourth-order valence-corrected chi connectivity index (χ4v) is 2.57. The van der Waals surface area contributed by atoms with Gasteiger partial charge in [0.05, 0.1) is 25.3 Å². The molecule has 0 aliphatic carbocycles. The molecule has 0 aromatic heterocycles. The molecule has 0 aliphatic heterocycles. The summed E-state index contributed by atoms with van der Waals surface area (Å²) in [5.41, 5.74) is 2.30. The van der Waals surface area contributed by atoms with E-state index in [1.54, 1.807) is 32.2 Å². The molecule has 5 nitrogen and oxygen atoms in total. The van der Waals surface area contributed by atoms with Crippen molar-refractivity contribution in [1.82, 2.24) is 5.32 Å². The lowest BCUT2D eigenvalue weighted by Gasteiger charge is -2.18. The van der Waals surface area contributed by atoms with Gasteiger partial charge >= 0.3 is 5.97 Å². The molecule has 0 radical (unpaired) electrons. The zero-order valence-corrected chi connectivity index (χ0v) is 15.4. The van der Waals surface area contributed by atoms with E-state index in [0.29, 0.717) is 17.3 Å². The Balaban J connectivity index is 1.97. The molecule has 132 valence electrons. The quantitative estimate of drug-likeness (QED) is 0.603. The molecule has 0 saturated heterocycles. The van der Waals surface area contributed by atoms with Gasteiger partial charge in [0.25, 0.3) is 0 Å². The summed E-state index contributed by atoms with van der Waals surface area (Å²) in [7, 11) is 1.64. The van der Waals surface area contributed by atoms with E-state index in [4.69, 9.17) is 21.7 Å². The number of thiocarbonyl (C=S) groups is 1. The molecule has 2 N–H and O–H groups in total. The largest absolute Gasteiger partial charge is 0.497 e.